The first-order valence-electron chi connectivity index (χ1n) is 7.62. The fraction of sp³-hybridized carbons (Fsp3) is 0.235. The van der Waals surface area contributed by atoms with Gasteiger partial charge in [0.2, 0.25) is 10.0 Å². The summed E-state index contributed by atoms with van der Waals surface area (Å²) in [6.45, 7) is 4.81. The van der Waals surface area contributed by atoms with Crippen molar-refractivity contribution >= 4 is 38.0 Å². The fourth-order valence-corrected chi connectivity index (χ4v) is 4.59. The number of benzene rings is 1. The van der Waals surface area contributed by atoms with E-state index >= 15 is 0 Å². The van der Waals surface area contributed by atoms with Crippen LogP contribution in [0.1, 0.15) is 11.3 Å². The molecule has 126 valence electrons. The molecular formula is C17H19N3O2S2. The molecule has 0 saturated heterocycles. The normalized spacial score (nSPS) is 11.8. The highest BCUT2D eigenvalue weighted by atomic mass is 32.2. The lowest BCUT2D eigenvalue weighted by Gasteiger charge is -2.15. The number of hydrogen-bond donors (Lipinski definition) is 2. The molecule has 3 rings (SSSR count). The first-order chi connectivity index (χ1) is 11.5. The Kier molecular flexibility index (Phi) is 4.84. The Morgan fingerprint density at radius 2 is 1.88 bits per heavy atom. The average molecular weight is 361 g/mol. The van der Waals surface area contributed by atoms with Crippen molar-refractivity contribution in [3.05, 3.63) is 53.0 Å². The van der Waals surface area contributed by atoms with Crippen LogP contribution in [0.15, 0.2) is 46.0 Å². The van der Waals surface area contributed by atoms with Gasteiger partial charge in [0, 0.05) is 29.9 Å². The molecule has 0 amide bonds. The molecule has 0 atom stereocenters. The number of aryl methyl sites for hydroxylation is 1. The number of fused-ring (bicyclic) bond motifs is 1. The summed E-state index contributed by atoms with van der Waals surface area (Å²) in [5, 5.41) is 6.15. The average Bonchev–Trinajstić information content (AvgIpc) is 3.10. The Bertz CT molecular complexity index is 951. The second-order valence-corrected chi connectivity index (χ2v) is 8.41. The minimum Gasteiger partial charge on any atom is -0.383 e. The van der Waals surface area contributed by atoms with E-state index in [0.717, 1.165) is 27.8 Å². The number of nitrogens with one attached hydrogen (secondary N) is 2. The molecule has 7 heteroatoms. The zero-order valence-corrected chi connectivity index (χ0v) is 15.2. The first-order valence-corrected chi connectivity index (χ1v) is 9.98. The zero-order chi connectivity index (χ0) is 17.2. The van der Waals surface area contributed by atoms with Crippen LogP contribution in [-0.2, 0) is 10.0 Å². The summed E-state index contributed by atoms with van der Waals surface area (Å²) in [5.41, 5.74) is 3.99. The standard InChI is InChI=1S/C17H19N3O2S2/c1-12-13(2)20-15-7-4-3-6-14(15)17(12)18-9-10-19-24(21,22)16-8-5-11-23-16/h3-8,11,19H,9-10H2,1-2H3,(H,18,20). The summed E-state index contributed by atoms with van der Waals surface area (Å²) < 4.78 is 27.2. The van der Waals surface area contributed by atoms with Crippen LogP contribution in [0.4, 0.5) is 5.69 Å². The molecule has 0 radical (unpaired) electrons. The second-order valence-electron chi connectivity index (χ2n) is 5.47. The van der Waals surface area contributed by atoms with Gasteiger partial charge >= 0.3 is 0 Å². The van der Waals surface area contributed by atoms with Crippen LogP contribution in [-0.4, -0.2) is 26.5 Å². The maximum Gasteiger partial charge on any atom is 0.250 e. The van der Waals surface area contributed by atoms with Crippen molar-refractivity contribution in [3.63, 3.8) is 0 Å². The van der Waals surface area contributed by atoms with Gasteiger partial charge in [-0.3, -0.25) is 4.98 Å². The van der Waals surface area contributed by atoms with Crippen LogP contribution in [0, 0.1) is 13.8 Å². The molecule has 2 aromatic heterocycles. The van der Waals surface area contributed by atoms with Crippen molar-refractivity contribution in [1.29, 1.82) is 0 Å². The summed E-state index contributed by atoms with van der Waals surface area (Å²) >= 11 is 1.21. The lowest BCUT2D eigenvalue weighted by atomic mass is 10.1. The van der Waals surface area contributed by atoms with E-state index in [0.29, 0.717) is 17.3 Å². The summed E-state index contributed by atoms with van der Waals surface area (Å²) in [4.78, 5) is 4.59. The van der Waals surface area contributed by atoms with E-state index in [4.69, 9.17) is 0 Å². The van der Waals surface area contributed by atoms with Gasteiger partial charge in [-0.05, 0) is 36.9 Å². The molecule has 0 spiro atoms. The topological polar surface area (TPSA) is 71.1 Å². The van der Waals surface area contributed by atoms with Gasteiger partial charge in [0.25, 0.3) is 0 Å². The predicted molar refractivity (Wildman–Crippen MR) is 99.2 cm³/mol. The van der Waals surface area contributed by atoms with Gasteiger partial charge in [-0.15, -0.1) is 11.3 Å². The molecule has 3 aromatic rings. The van der Waals surface area contributed by atoms with Gasteiger partial charge in [-0.1, -0.05) is 24.3 Å². The lowest BCUT2D eigenvalue weighted by molar-refractivity contribution is 0.585. The molecule has 0 bridgehead atoms. The molecule has 2 heterocycles. The Morgan fingerprint density at radius 3 is 2.62 bits per heavy atom. The lowest BCUT2D eigenvalue weighted by Crippen LogP contribution is -2.28. The van der Waals surface area contributed by atoms with Gasteiger partial charge < -0.3 is 5.32 Å². The van der Waals surface area contributed by atoms with E-state index in [1.807, 2.05) is 38.1 Å². The van der Waals surface area contributed by atoms with Gasteiger partial charge in [0.1, 0.15) is 4.21 Å². The van der Waals surface area contributed by atoms with Crippen LogP contribution < -0.4 is 10.0 Å². The van der Waals surface area contributed by atoms with Crippen molar-refractivity contribution < 1.29 is 8.42 Å². The fourth-order valence-electron chi connectivity index (χ4n) is 2.52. The third-order valence-electron chi connectivity index (χ3n) is 3.86. The number of para-hydroxylation sites is 1. The molecular weight excluding hydrogens is 342 g/mol. The Morgan fingerprint density at radius 1 is 1.08 bits per heavy atom. The molecule has 0 unspecified atom stereocenters. The third-order valence-corrected chi connectivity index (χ3v) is 6.72. The molecule has 0 saturated carbocycles. The number of aromatic nitrogens is 1. The molecule has 0 fully saturated rings. The van der Waals surface area contributed by atoms with Crippen LogP contribution in [0.25, 0.3) is 10.9 Å². The highest BCUT2D eigenvalue weighted by Gasteiger charge is 2.14. The van der Waals surface area contributed by atoms with Crippen molar-refractivity contribution in [2.75, 3.05) is 18.4 Å². The minimum absolute atomic E-state index is 0.315. The molecule has 1 aromatic carbocycles. The summed E-state index contributed by atoms with van der Waals surface area (Å²) in [6.07, 6.45) is 0. The first kappa shape index (κ1) is 16.9. The molecule has 5 nitrogen and oxygen atoms in total. The minimum atomic E-state index is -3.42. The van der Waals surface area contributed by atoms with Crippen molar-refractivity contribution in [1.82, 2.24) is 9.71 Å². The highest BCUT2D eigenvalue weighted by Crippen LogP contribution is 2.27. The number of hydrogen-bond acceptors (Lipinski definition) is 5. The van der Waals surface area contributed by atoms with Crippen molar-refractivity contribution in [2.24, 2.45) is 0 Å². The van der Waals surface area contributed by atoms with Crippen LogP contribution >= 0.6 is 11.3 Å². The van der Waals surface area contributed by atoms with E-state index in [2.05, 4.69) is 15.0 Å². The van der Waals surface area contributed by atoms with Gasteiger partial charge in [-0.25, -0.2) is 13.1 Å². The summed E-state index contributed by atoms with van der Waals surface area (Å²) in [6, 6.07) is 11.3. The Labute approximate surface area is 145 Å². The number of sulfonamides is 1. The molecule has 0 aliphatic rings. The van der Waals surface area contributed by atoms with Crippen LogP contribution in [0.5, 0.6) is 0 Å². The van der Waals surface area contributed by atoms with E-state index in [1.54, 1.807) is 17.5 Å². The number of rotatable bonds is 6. The van der Waals surface area contributed by atoms with Crippen LogP contribution in [0.2, 0.25) is 0 Å². The predicted octanol–water partition coefficient (Wildman–Crippen LogP) is 3.30. The number of anilines is 1. The smallest absolute Gasteiger partial charge is 0.250 e. The molecule has 0 aliphatic carbocycles. The monoisotopic (exact) mass is 361 g/mol. The van der Waals surface area contributed by atoms with Crippen molar-refractivity contribution in [2.45, 2.75) is 18.1 Å². The summed E-state index contributed by atoms with van der Waals surface area (Å²) in [5.74, 6) is 0. The van der Waals surface area contributed by atoms with Gasteiger partial charge in [0.15, 0.2) is 0 Å². The zero-order valence-electron chi connectivity index (χ0n) is 13.5. The van der Waals surface area contributed by atoms with Gasteiger partial charge in [0.05, 0.1) is 5.52 Å². The van der Waals surface area contributed by atoms with Crippen LogP contribution in [0.3, 0.4) is 0 Å². The quantitative estimate of drug-likeness (QED) is 0.661. The van der Waals surface area contributed by atoms with E-state index < -0.39 is 10.0 Å². The third kappa shape index (κ3) is 3.43. The number of nitrogens with zero attached hydrogens (tertiary/aromatic N) is 1. The second kappa shape index (κ2) is 6.88. The summed E-state index contributed by atoms with van der Waals surface area (Å²) in [7, 11) is -3.42. The SMILES string of the molecule is Cc1nc2ccccc2c(NCCNS(=O)(=O)c2cccs2)c1C. The van der Waals surface area contributed by atoms with E-state index in [1.165, 1.54) is 11.3 Å². The Balaban J connectivity index is 1.72. The highest BCUT2D eigenvalue weighted by molar-refractivity contribution is 7.91. The molecule has 0 aliphatic heterocycles. The number of pyridine rings is 1. The number of thiophene rings is 1. The van der Waals surface area contributed by atoms with Gasteiger partial charge in [-0.2, -0.15) is 0 Å². The maximum atomic E-state index is 12.1. The molecule has 2 N–H and O–H groups in total. The Hall–Kier alpha value is -1.96. The largest absolute Gasteiger partial charge is 0.383 e. The molecule has 24 heavy (non-hydrogen) atoms. The van der Waals surface area contributed by atoms with E-state index in [9.17, 15) is 8.42 Å². The van der Waals surface area contributed by atoms with Crippen molar-refractivity contribution in [3.8, 4) is 0 Å². The maximum absolute atomic E-state index is 12.1. The van der Waals surface area contributed by atoms with E-state index in [-0.39, 0.29) is 0 Å².